The summed E-state index contributed by atoms with van der Waals surface area (Å²) >= 11 is 19.3. The van der Waals surface area contributed by atoms with E-state index in [1.807, 2.05) is 0 Å². The number of hydrogen-bond donors (Lipinski definition) is 2. The third-order valence-corrected chi connectivity index (χ3v) is 5.48. The molecule has 146 valence electrons. The number of carbonyl (C=O) groups excluding carboxylic acids is 1. The minimum absolute atomic E-state index is 0.249. The maximum absolute atomic E-state index is 12.5. The standard InChI is InChI=1S/C18H15Cl3N4O2S/c1-9(17(26)22-14-8-11(20)3-5-13(14)21)28-18-23-16(24-25-18)12-7-10(19)4-6-15(12)27-2/h3-9H,1-2H3,(H,22,26)(H,23,24,25). The largest absolute Gasteiger partial charge is 0.496 e. The van der Waals surface area contributed by atoms with Gasteiger partial charge in [-0.3, -0.25) is 9.89 Å². The van der Waals surface area contributed by atoms with Gasteiger partial charge in [0.15, 0.2) is 5.82 Å². The number of ether oxygens (including phenoxy) is 1. The molecule has 2 N–H and O–H groups in total. The van der Waals surface area contributed by atoms with E-state index in [4.69, 9.17) is 39.5 Å². The molecule has 0 saturated heterocycles. The van der Waals surface area contributed by atoms with Crippen LogP contribution in [0.25, 0.3) is 11.4 Å². The average Bonchev–Trinajstić information content (AvgIpc) is 3.13. The highest BCUT2D eigenvalue weighted by atomic mass is 35.5. The zero-order valence-corrected chi connectivity index (χ0v) is 17.9. The van der Waals surface area contributed by atoms with Crippen molar-refractivity contribution in [2.24, 2.45) is 0 Å². The van der Waals surface area contributed by atoms with Gasteiger partial charge in [0.25, 0.3) is 0 Å². The van der Waals surface area contributed by atoms with E-state index in [1.165, 1.54) is 11.8 Å². The van der Waals surface area contributed by atoms with Gasteiger partial charge in [-0.2, -0.15) is 0 Å². The van der Waals surface area contributed by atoms with Gasteiger partial charge >= 0.3 is 0 Å². The number of carbonyl (C=O) groups is 1. The number of thioether (sulfide) groups is 1. The van der Waals surface area contributed by atoms with Gasteiger partial charge in [-0.1, -0.05) is 46.6 Å². The molecule has 0 aliphatic rings. The monoisotopic (exact) mass is 456 g/mol. The first kappa shape index (κ1) is 20.8. The molecule has 1 unspecified atom stereocenters. The Hall–Kier alpha value is -1.93. The fourth-order valence-corrected chi connectivity index (χ4v) is 3.56. The van der Waals surface area contributed by atoms with Gasteiger partial charge in [0, 0.05) is 10.0 Å². The quantitative estimate of drug-likeness (QED) is 0.474. The number of benzene rings is 2. The number of rotatable bonds is 6. The normalized spacial score (nSPS) is 11.9. The molecule has 0 saturated carbocycles. The van der Waals surface area contributed by atoms with Crippen LogP contribution in [0, 0.1) is 0 Å². The molecule has 3 rings (SSSR count). The molecule has 0 fully saturated rings. The van der Waals surface area contributed by atoms with E-state index >= 15 is 0 Å². The van der Waals surface area contributed by atoms with Crippen LogP contribution in [-0.2, 0) is 4.79 Å². The van der Waals surface area contributed by atoms with Gasteiger partial charge < -0.3 is 10.1 Å². The van der Waals surface area contributed by atoms with Crippen LogP contribution >= 0.6 is 46.6 Å². The highest BCUT2D eigenvalue weighted by Gasteiger charge is 2.19. The number of aromatic amines is 1. The number of methoxy groups -OCH3 is 1. The number of amides is 1. The number of nitrogens with zero attached hydrogens (tertiary/aromatic N) is 2. The lowest BCUT2D eigenvalue weighted by Gasteiger charge is -2.11. The summed E-state index contributed by atoms with van der Waals surface area (Å²) in [5.74, 6) is 0.853. The second kappa shape index (κ2) is 9.05. The molecule has 28 heavy (non-hydrogen) atoms. The summed E-state index contributed by atoms with van der Waals surface area (Å²) in [5, 5.41) is 11.1. The first-order chi connectivity index (χ1) is 13.4. The van der Waals surface area contributed by atoms with E-state index in [-0.39, 0.29) is 5.91 Å². The molecule has 0 aliphatic heterocycles. The SMILES string of the molecule is COc1ccc(Cl)cc1-c1nc(SC(C)C(=O)Nc2cc(Cl)ccc2Cl)n[nH]1. The van der Waals surface area contributed by atoms with Gasteiger partial charge in [0.2, 0.25) is 11.1 Å². The molecule has 1 aromatic heterocycles. The molecule has 2 aromatic carbocycles. The van der Waals surface area contributed by atoms with Gasteiger partial charge in [-0.25, -0.2) is 4.98 Å². The molecule has 10 heteroatoms. The molecule has 0 radical (unpaired) electrons. The Labute approximate surface area is 180 Å². The zero-order valence-electron chi connectivity index (χ0n) is 14.8. The summed E-state index contributed by atoms with van der Waals surface area (Å²) in [6.07, 6.45) is 0. The summed E-state index contributed by atoms with van der Waals surface area (Å²) in [6.45, 7) is 1.74. The zero-order chi connectivity index (χ0) is 20.3. The average molecular weight is 458 g/mol. The van der Waals surface area contributed by atoms with Crippen molar-refractivity contribution < 1.29 is 9.53 Å². The lowest BCUT2D eigenvalue weighted by molar-refractivity contribution is -0.115. The number of hydrogen-bond acceptors (Lipinski definition) is 5. The van der Waals surface area contributed by atoms with Crippen molar-refractivity contribution in [2.45, 2.75) is 17.3 Å². The van der Waals surface area contributed by atoms with E-state index in [9.17, 15) is 4.79 Å². The third-order valence-electron chi connectivity index (χ3n) is 3.72. The van der Waals surface area contributed by atoms with Crippen LogP contribution in [0.4, 0.5) is 5.69 Å². The van der Waals surface area contributed by atoms with E-state index in [1.54, 1.807) is 50.4 Å². The van der Waals surface area contributed by atoms with Gasteiger partial charge in [-0.05, 0) is 43.3 Å². The van der Waals surface area contributed by atoms with Crippen LogP contribution in [0.3, 0.4) is 0 Å². The molecular formula is C18H15Cl3N4O2S. The number of anilines is 1. The van der Waals surface area contributed by atoms with Gasteiger partial charge in [0.1, 0.15) is 5.75 Å². The summed E-state index contributed by atoms with van der Waals surface area (Å²) in [5.41, 5.74) is 1.13. The minimum atomic E-state index is -0.472. The lowest BCUT2D eigenvalue weighted by Crippen LogP contribution is -2.22. The minimum Gasteiger partial charge on any atom is -0.496 e. The van der Waals surface area contributed by atoms with E-state index in [2.05, 4.69) is 20.5 Å². The van der Waals surface area contributed by atoms with E-state index in [0.717, 1.165) is 0 Å². The number of halogens is 3. The summed E-state index contributed by atoms with van der Waals surface area (Å²) in [7, 11) is 1.56. The number of nitrogens with one attached hydrogen (secondary N) is 2. The van der Waals surface area contributed by atoms with Crippen molar-refractivity contribution in [3.05, 3.63) is 51.5 Å². The molecule has 1 heterocycles. The molecule has 6 nitrogen and oxygen atoms in total. The smallest absolute Gasteiger partial charge is 0.237 e. The fourth-order valence-electron chi connectivity index (χ4n) is 2.32. The van der Waals surface area contributed by atoms with Crippen molar-refractivity contribution in [2.75, 3.05) is 12.4 Å². The molecule has 0 bridgehead atoms. The Morgan fingerprint density at radius 1 is 1.18 bits per heavy atom. The van der Waals surface area contributed by atoms with E-state index < -0.39 is 5.25 Å². The molecule has 3 aromatic rings. The Bertz CT molecular complexity index is 1010. The predicted molar refractivity (Wildman–Crippen MR) is 114 cm³/mol. The summed E-state index contributed by atoms with van der Waals surface area (Å²) < 4.78 is 5.33. The first-order valence-corrected chi connectivity index (χ1v) is 10.1. The van der Waals surface area contributed by atoms with Crippen LogP contribution < -0.4 is 10.1 Å². The van der Waals surface area contributed by atoms with Crippen LogP contribution in [0.2, 0.25) is 15.1 Å². The predicted octanol–water partition coefficient (Wildman–Crippen LogP) is 5.56. The fraction of sp³-hybridized carbons (Fsp3) is 0.167. The molecule has 0 spiro atoms. The van der Waals surface area contributed by atoms with Gasteiger partial charge in [-0.15, -0.1) is 5.10 Å². The van der Waals surface area contributed by atoms with Crippen LogP contribution in [0.5, 0.6) is 5.75 Å². The second-order valence-corrected chi connectivity index (χ2v) is 8.27. The van der Waals surface area contributed by atoms with Crippen molar-refractivity contribution >= 4 is 58.2 Å². The number of aromatic nitrogens is 3. The van der Waals surface area contributed by atoms with Crippen molar-refractivity contribution in [1.82, 2.24) is 15.2 Å². The highest BCUT2D eigenvalue weighted by Crippen LogP contribution is 2.32. The summed E-state index contributed by atoms with van der Waals surface area (Å²) in [4.78, 5) is 16.9. The number of H-pyrrole nitrogens is 1. The Morgan fingerprint density at radius 3 is 2.64 bits per heavy atom. The van der Waals surface area contributed by atoms with Crippen molar-refractivity contribution in [1.29, 1.82) is 0 Å². The maximum Gasteiger partial charge on any atom is 0.237 e. The van der Waals surface area contributed by atoms with Crippen molar-refractivity contribution in [3.63, 3.8) is 0 Å². The maximum atomic E-state index is 12.5. The molecule has 0 aliphatic carbocycles. The molecule has 1 amide bonds. The van der Waals surface area contributed by atoms with Crippen LogP contribution in [0.15, 0.2) is 41.6 Å². The Morgan fingerprint density at radius 2 is 1.89 bits per heavy atom. The molecular weight excluding hydrogens is 443 g/mol. The van der Waals surface area contributed by atoms with Crippen molar-refractivity contribution in [3.8, 4) is 17.1 Å². The summed E-state index contributed by atoms with van der Waals surface area (Å²) in [6, 6.07) is 10.1. The van der Waals surface area contributed by atoms with Gasteiger partial charge in [0.05, 0.1) is 28.6 Å². The third kappa shape index (κ3) is 4.91. The molecule has 1 atom stereocenters. The topological polar surface area (TPSA) is 79.9 Å². The lowest BCUT2D eigenvalue weighted by atomic mass is 10.2. The first-order valence-electron chi connectivity index (χ1n) is 8.06. The van der Waals surface area contributed by atoms with E-state index in [0.29, 0.717) is 43.0 Å². The van der Waals surface area contributed by atoms with Crippen LogP contribution in [0.1, 0.15) is 6.92 Å². The Balaban J connectivity index is 1.72. The van der Waals surface area contributed by atoms with Crippen LogP contribution in [-0.4, -0.2) is 33.4 Å². The Kier molecular flexibility index (Phi) is 6.72. The second-order valence-electron chi connectivity index (χ2n) is 5.68. The highest BCUT2D eigenvalue weighted by molar-refractivity contribution is 8.00.